The summed E-state index contributed by atoms with van der Waals surface area (Å²) in [6.07, 6.45) is 5.06. The Morgan fingerprint density at radius 2 is 1.78 bits per heavy atom. The predicted molar refractivity (Wildman–Crippen MR) is 126 cm³/mol. The molecule has 2 heterocycles. The Morgan fingerprint density at radius 3 is 2.47 bits per heavy atom. The number of benzene rings is 2. The topological polar surface area (TPSA) is 95.1 Å². The molecule has 0 spiro atoms. The number of carbonyl (C=O) groups excluding carboxylic acids is 1. The van der Waals surface area contributed by atoms with E-state index in [9.17, 15) is 4.79 Å². The van der Waals surface area contributed by atoms with E-state index in [1.165, 1.54) is 0 Å². The maximum Gasteiger partial charge on any atom is 0.257 e. The van der Waals surface area contributed by atoms with E-state index in [0.717, 1.165) is 54.5 Å². The fraction of sp³-hybridized carbons (Fsp3) is 0.320. The lowest BCUT2D eigenvalue weighted by Gasteiger charge is -2.12. The van der Waals surface area contributed by atoms with Crippen LogP contribution in [0.15, 0.2) is 48.5 Å². The van der Waals surface area contributed by atoms with Gasteiger partial charge in [-0.05, 0) is 49.1 Å². The zero-order chi connectivity index (χ0) is 22.1. The van der Waals surface area contributed by atoms with Gasteiger partial charge < -0.3 is 20.4 Å². The summed E-state index contributed by atoms with van der Waals surface area (Å²) >= 11 is 0. The number of nitrogens with two attached hydrogens (primary N) is 1. The largest absolute Gasteiger partial charge is 0.497 e. The number of hydrogen-bond acceptors (Lipinski definition) is 5. The number of hydrogen-bond donors (Lipinski definition) is 2. The first kappa shape index (κ1) is 20.3. The van der Waals surface area contributed by atoms with E-state index >= 15 is 0 Å². The van der Waals surface area contributed by atoms with E-state index in [1.54, 1.807) is 7.11 Å². The summed E-state index contributed by atoms with van der Waals surface area (Å²) in [5.41, 5.74) is 10.9. The summed E-state index contributed by atoms with van der Waals surface area (Å²) in [7, 11) is 1.66. The van der Waals surface area contributed by atoms with Gasteiger partial charge in [0.2, 0.25) is 0 Å². The normalized spacial score (nSPS) is 14.3. The molecule has 4 aromatic rings. The standard InChI is InChI=1S/C25H27N5O2/c1-32-18-12-10-16(11-13-18)14-15-30-23(26)21(25(31)27-17-6-2-3-7-17)22-24(30)29-20-9-5-4-8-19(20)28-22/h4-5,8-13,17H,2-3,6-7,14-15,26H2,1H3,(H,27,31). The number of methoxy groups -OCH3 is 1. The number of ether oxygens (including phenoxy) is 1. The Bertz CT molecular complexity index is 1270. The van der Waals surface area contributed by atoms with Crippen molar-refractivity contribution < 1.29 is 9.53 Å². The summed E-state index contributed by atoms with van der Waals surface area (Å²) in [5, 5.41) is 3.16. The highest BCUT2D eigenvalue weighted by Crippen LogP contribution is 2.29. The van der Waals surface area contributed by atoms with Crippen molar-refractivity contribution in [3.8, 4) is 5.75 Å². The zero-order valence-electron chi connectivity index (χ0n) is 18.2. The average Bonchev–Trinajstić information content (AvgIpc) is 3.41. The smallest absolute Gasteiger partial charge is 0.257 e. The van der Waals surface area contributed by atoms with Crippen LogP contribution in [-0.2, 0) is 13.0 Å². The highest BCUT2D eigenvalue weighted by Gasteiger charge is 2.26. The molecule has 1 amide bonds. The number of aromatic nitrogens is 3. The second-order valence-corrected chi connectivity index (χ2v) is 8.35. The van der Waals surface area contributed by atoms with Crippen molar-refractivity contribution in [3.05, 3.63) is 59.7 Å². The van der Waals surface area contributed by atoms with Gasteiger partial charge in [0.05, 0.1) is 18.1 Å². The van der Waals surface area contributed by atoms with Crippen molar-refractivity contribution in [2.24, 2.45) is 0 Å². The molecule has 5 rings (SSSR count). The first-order valence-corrected chi connectivity index (χ1v) is 11.1. The van der Waals surface area contributed by atoms with Crippen molar-refractivity contribution in [3.63, 3.8) is 0 Å². The van der Waals surface area contributed by atoms with E-state index in [1.807, 2.05) is 53.1 Å². The minimum Gasteiger partial charge on any atom is -0.497 e. The number of fused-ring (bicyclic) bond motifs is 2. The van der Waals surface area contributed by atoms with Gasteiger partial charge in [-0.1, -0.05) is 37.1 Å². The molecule has 0 aliphatic heterocycles. The number of nitrogens with zero attached hydrogens (tertiary/aromatic N) is 3. The molecule has 0 bridgehead atoms. The van der Waals surface area contributed by atoms with Gasteiger partial charge in [0.25, 0.3) is 5.91 Å². The summed E-state index contributed by atoms with van der Waals surface area (Å²) in [6, 6.07) is 15.9. The Kier molecular flexibility index (Phi) is 5.39. The molecule has 7 heteroatoms. The number of nitrogen functional groups attached to an aromatic ring is 1. The van der Waals surface area contributed by atoms with Crippen LogP contribution < -0.4 is 15.8 Å². The van der Waals surface area contributed by atoms with Crippen LogP contribution in [0.4, 0.5) is 5.82 Å². The highest BCUT2D eigenvalue weighted by molar-refractivity contribution is 6.10. The summed E-state index contributed by atoms with van der Waals surface area (Å²) in [6.45, 7) is 0.596. The minimum absolute atomic E-state index is 0.160. The van der Waals surface area contributed by atoms with Crippen molar-refractivity contribution in [1.29, 1.82) is 0 Å². The van der Waals surface area contributed by atoms with Crippen LogP contribution in [0.3, 0.4) is 0 Å². The first-order chi connectivity index (χ1) is 15.6. The molecule has 2 aromatic heterocycles. The second kappa shape index (κ2) is 8.49. The second-order valence-electron chi connectivity index (χ2n) is 8.35. The predicted octanol–water partition coefficient (Wildman–Crippen LogP) is 4.09. The molecule has 1 saturated carbocycles. The number of para-hydroxylation sites is 2. The fourth-order valence-corrected chi connectivity index (χ4v) is 4.53. The molecule has 0 atom stereocenters. The maximum absolute atomic E-state index is 13.2. The number of nitrogens with one attached hydrogen (secondary N) is 1. The van der Waals surface area contributed by atoms with Crippen LogP contribution in [0, 0.1) is 0 Å². The molecule has 2 aromatic carbocycles. The summed E-state index contributed by atoms with van der Waals surface area (Å²) in [5.74, 6) is 1.08. The molecule has 32 heavy (non-hydrogen) atoms. The summed E-state index contributed by atoms with van der Waals surface area (Å²) < 4.78 is 7.17. The molecule has 7 nitrogen and oxygen atoms in total. The molecule has 1 aliphatic rings. The zero-order valence-corrected chi connectivity index (χ0v) is 18.2. The first-order valence-electron chi connectivity index (χ1n) is 11.1. The quantitative estimate of drug-likeness (QED) is 0.481. The van der Waals surface area contributed by atoms with Crippen molar-refractivity contribution in [2.45, 2.75) is 44.7 Å². The Morgan fingerprint density at radius 1 is 1.09 bits per heavy atom. The maximum atomic E-state index is 13.2. The third kappa shape index (κ3) is 3.75. The monoisotopic (exact) mass is 429 g/mol. The van der Waals surface area contributed by atoms with Gasteiger partial charge in [-0.2, -0.15) is 0 Å². The van der Waals surface area contributed by atoms with Gasteiger partial charge >= 0.3 is 0 Å². The van der Waals surface area contributed by atoms with E-state index < -0.39 is 0 Å². The third-order valence-electron chi connectivity index (χ3n) is 6.29. The van der Waals surface area contributed by atoms with Crippen molar-refractivity contribution in [2.75, 3.05) is 12.8 Å². The van der Waals surface area contributed by atoms with E-state index in [4.69, 9.17) is 20.4 Å². The van der Waals surface area contributed by atoms with Gasteiger partial charge in [-0.25, -0.2) is 9.97 Å². The van der Waals surface area contributed by atoms with Crippen LogP contribution >= 0.6 is 0 Å². The van der Waals surface area contributed by atoms with Crippen molar-refractivity contribution in [1.82, 2.24) is 19.9 Å². The number of amides is 1. The number of carbonyl (C=O) groups is 1. The van der Waals surface area contributed by atoms with E-state index in [0.29, 0.717) is 29.1 Å². The van der Waals surface area contributed by atoms with Crippen LogP contribution in [0.25, 0.3) is 22.2 Å². The Labute approximate surface area is 186 Å². The third-order valence-corrected chi connectivity index (χ3v) is 6.29. The van der Waals surface area contributed by atoms with Crippen LogP contribution in [0.5, 0.6) is 5.75 Å². The molecule has 164 valence electrons. The number of anilines is 1. The van der Waals surface area contributed by atoms with Crippen LogP contribution in [-0.4, -0.2) is 33.6 Å². The molecule has 0 radical (unpaired) electrons. The minimum atomic E-state index is -0.160. The van der Waals surface area contributed by atoms with Crippen LogP contribution in [0.2, 0.25) is 0 Å². The lowest BCUT2D eigenvalue weighted by atomic mass is 10.1. The van der Waals surface area contributed by atoms with Gasteiger partial charge in [-0.3, -0.25) is 4.79 Å². The lowest BCUT2D eigenvalue weighted by molar-refractivity contribution is 0.0940. The van der Waals surface area contributed by atoms with Gasteiger partial charge in [0, 0.05) is 12.6 Å². The molecular formula is C25H27N5O2. The lowest BCUT2D eigenvalue weighted by Crippen LogP contribution is -2.33. The van der Waals surface area contributed by atoms with Gasteiger partial charge in [0.1, 0.15) is 22.6 Å². The Hall–Kier alpha value is -3.61. The molecular weight excluding hydrogens is 402 g/mol. The molecule has 1 fully saturated rings. The van der Waals surface area contributed by atoms with Gasteiger partial charge in [0.15, 0.2) is 5.65 Å². The fourth-order valence-electron chi connectivity index (χ4n) is 4.53. The molecule has 3 N–H and O–H groups in total. The van der Waals surface area contributed by atoms with E-state index in [2.05, 4.69) is 5.32 Å². The van der Waals surface area contributed by atoms with Gasteiger partial charge in [-0.15, -0.1) is 0 Å². The molecule has 0 saturated heterocycles. The SMILES string of the molecule is COc1ccc(CCn2c(N)c(C(=O)NC3CCCC3)c3nc4ccccc4nc32)cc1. The average molecular weight is 430 g/mol. The Balaban J connectivity index is 1.54. The highest BCUT2D eigenvalue weighted by atomic mass is 16.5. The molecule has 0 unspecified atom stereocenters. The summed E-state index contributed by atoms with van der Waals surface area (Å²) in [4.78, 5) is 22.9. The number of rotatable bonds is 6. The van der Waals surface area contributed by atoms with Crippen LogP contribution in [0.1, 0.15) is 41.6 Å². The molecule has 1 aliphatic carbocycles. The van der Waals surface area contributed by atoms with Crippen molar-refractivity contribution >= 4 is 33.9 Å². The van der Waals surface area contributed by atoms with E-state index in [-0.39, 0.29) is 11.9 Å². The number of aryl methyl sites for hydroxylation is 2.